The first-order valence-electron chi connectivity index (χ1n) is 7.84. The van der Waals surface area contributed by atoms with Crippen molar-refractivity contribution in [3.8, 4) is 11.5 Å². The van der Waals surface area contributed by atoms with Crippen LogP contribution in [0.15, 0.2) is 36.4 Å². The Morgan fingerprint density at radius 2 is 1.64 bits per heavy atom. The second-order valence-electron chi connectivity index (χ2n) is 5.72. The molecule has 2 aromatic rings. The van der Waals surface area contributed by atoms with Crippen molar-refractivity contribution in [1.29, 1.82) is 0 Å². The molecule has 0 saturated carbocycles. The Morgan fingerprint density at radius 3 is 2.32 bits per heavy atom. The highest BCUT2D eigenvalue weighted by atomic mass is 16.5. The van der Waals surface area contributed by atoms with Gasteiger partial charge < -0.3 is 9.47 Å². The lowest BCUT2D eigenvalue weighted by Crippen LogP contribution is -2.43. The third kappa shape index (κ3) is 4.97. The van der Waals surface area contributed by atoms with Crippen LogP contribution in [0, 0.1) is 20.8 Å². The number of hydrogen-bond acceptors (Lipinski definition) is 4. The Hall–Kier alpha value is -3.02. The van der Waals surface area contributed by atoms with Crippen LogP contribution in [0.2, 0.25) is 0 Å². The highest BCUT2D eigenvalue weighted by Crippen LogP contribution is 2.19. The van der Waals surface area contributed by atoms with Crippen molar-refractivity contribution >= 4 is 11.8 Å². The summed E-state index contributed by atoms with van der Waals surface area (Å²) in [6.07, 6.45) is 0. The van der Waals surface area contributed by atoms with E-state index in [0.29, 0.717) is 17.1 Å². The number of carbonyl (C=O) groups is 2. The second-order valence-corrected chi connectivity index (χ2v) is 5.72. The molecule has 0 spiro atoms. The largest absolute Gasteiger partial charge is 0.496 e. The number of ether oxygens (including phenoxy) is 2. The van der Waals surface area contributed by atoms with E-state index in [2.05, 4.69) is 10.9 Å². The van der Waals surface area contributed by atoms with Crippen molar-refractivity contribution < 1.29 is 19.1 Å². The van der Waals surface area contributed by atoms with Crippen LogP contribution in [0.5, 0.6) is 11.5 Å². The van der Waals surface area contributed by atoms with Gasteiger partial charge in [-0.2, -0.15) is 0 Å². The Kier molecular flexibility index (Phi) is 6.00. The summed E-state index contributed by atoms with van der Waals surface area (Å²) in [6.45, 7) is 5.66. The van der Waals surface area contributed by atoms with Gasteiger partial charge >= 0.3 is 0 Å². The number of hydrogen-bond donors (Lipinski definition) is 2. The molecule has 0 heterocycles. The number of aryl methyl sites for hydroxylation is 3. The monoisotopic (exact) mass is 342 g/mol. The average Bonchev–Trinajstić information content (AvgIpc) is 2.61. The molecular weight excluding hydrogens is 320 g/mol. The van der Waals surface area contributed by atoms with E-state index >= 15 is 0 Å². The minimum atomic E-state index is -0.453. The molecular formula is C19H22N2O4. The zero-order valence-corrected chi connectivity index (χ0v) is 14.8. The van der Waals surface area contributed by atoms with Gasteiger partial charge in [-0.25, -0.2) is 0 Å². The quantitative estimate of drug-likeness (QED) is 0.819. The fourth-order valence-corrected chi connectivity index (χ4v) is 2.15. The fourth-order valence-electron chi connectivity index (χ4n) is 2.15. The molecule has 0 unspecified atom stereocenters. The highest BCUT2D eigenvalue weighted by Gasteiger charge is 2.10. The molecule has 0 aliphatic carbocycles. The zero-order valence-electron chi connectivity index (χ0n) is 14.8. The summed E-state index contributed by atoms with van der Waals surface area (Å²) in [5.74, 6) is 0.327. The second kappa shape index (κ2) is 8.19. The van der Waals surface area contributed by atoms with E-state index in [1.165, 1.54) is 7.11 Å². The maximum atomic E-state index is 12.1. The topological polar surface area (TPSA) is 76.7 Å². The van der Waals surface area contributed by atoms with Gasteiger partial charge in [0.25, 0.3) is 11.8 Å². The lowest BCUT2D eigenvalue weighted by atomic mass is 10.1. The summed E-state index contributed by atoms with van der Waals surface area (Å²) >= 11 is 0. The number of carbonyl (C=O) groups excluding carboxylic acids is 2. The van der Waals surface area contributed by atoms with Crippen molar-refractivity contribution in [3.63, 3.8) is 0 Å². The van der Waals surface area contributed by atoms with E-state index in [1.807, 2.05) is 32.9 Å². The first-order chi connectivity index (χ1) is 11.9. The maximum Gasteiger partial charge on any atom is 0.276 e. The standard InChI is InChI=1S/C19H22N2O4/c1-12-6-8-16(9-14(12)3)25-11-18(22)20-21-19(23)15-7-5-13(2)17(10-15)24-4/h5-10H,11H2,1-4H3,(H,20,22)(H,21,23). The molecule has 0 aliphatic rings. The van der Waals surface area contributed by atoms with Gasteiger partial charge in [0.2, 0.25) is 0 Å². The molecule has 2 N–H and O–H groups in total. The third-order valence-corrected chi connectivity index (χ3v) is 3.83. The number of hydrazine groups is 1. The molecule has 0 aliphatic heterocycles. The summed E-state index contributed by atoms with van der Waals surface area (Å²) in [5, 5.41) is 0. The van der Waals surface area contributed by atoms with E-state index in [9.17, 15) is 9.59 Å². The van der Waals surface area contributed by atoms with Gasteiger partial charge in [-0.15, -0.1) is 0 Å². The fraction of sp³-hybridized carbons (Fsp3) is 0.263. The van der Waals surface area contributed by atoms with Crippen molar-refractivity contribution in [3.05, 3.63) is 58.7 Å². The number of nitrogens with one attached hydrogen (secondary N) is 2. The summed E-state index contributed by atoms with van der Waals surface area (Å²) in [5.41, 5.74) is 8.22. The van der Waals surface area contributed by atoms with E-state index in [1.54, 1.807) is 24.3 Å². The predicted octanol–water partition coefficient (Wildman–Crippen LogP) is 2.46. The Bertz CT molecular complexity index is 787. The lowest BCUT2D eigenvalue weighted by molar-refractivity contribution is -0.123. The summed E-state index contributed by atoms with van der Waals surface area (Å²) in [6, 6.07) is 10.6. The Morgan fingerprint density at radius 1 is 0.920 bits per heavy atom. The van der Waals surface area contributed by atoms with Crippen LogP contribution in [0.25, 0.3) is 0 Å². The molecule has 6 nitrogen and oxygen atoms in total. The molecule has 0 aromatic heterocycles. The molecule has 0 radical (unpaired) electrons. The molecule has 6 heteroatoms. The predicted molar refractivity (Wildman–Crippen MR) is 94.8 cm³/mol. The zero-order chi connectivity index (χ0) is 18.4. The van der Waals surface area contributed by atoms with Gasteiger partial charge in [0.15, 0.2) is 6.61 Å². The van der Waals surface area contributed by atoms with Crippen LogP contribution in [0.4, 0.5) is 0 Å². The highest BCUT2D eigenvalue weighted by molar-refractivity contribution is 5.95. The van der Waals surface area contributed by atoms with Crippen molar-refractivity contribution in [2.75, 3.05) is 13.7 Å². The maximum absolute atomic E-state index is 12.1. The van der Waals surface area contributed by atoms with E-state index < -0.39 is 11.8 Å². The molecule has 25 heavy (non-hydrogen) atoms. The lowest BCUT2D eigenvalue weighted by Gasteiger charge is -2.11. The molecule has 0 bridgehead atoms. The first-order valence-corrected chi connectivity index (χ1v) is 7.84. The summed E-state index contributed by atoms with van der Waals surface area (Å²) < 4.78 is 10.6. The number of benzene rings is 2. The first kappa shape index (κ1) is 18.3. The van der Waals surface area contributed by atoms with Gasteiger partial charge in [0.1, 0.15) is 11.5 Å². The molecule has 2 aromatic carbocycles. The molecule has 2 rings (SSSR count). The van der Waals surface area contributed by atoms with E-state index in [-0.39, 0.29) is 6.61 Å². The van der Waals surface area contributed by atoms with E-state index in [0.717, 1.165) is 16.7 Å². The van der Waals surface area contributed by atoms with Crippen LogP contribution in [0.3, 0.4) is 0 Å². The minimum Gasteiger partial charge on any atom is -0.496 e. The number of amides is 2. The SMILES string of the molecule is COc1cc(C(=O)NNC(=O)COc2ccc(C)c(C)c2)ccc1C. The van der Waals surface area contributed by atoms with Crippen LogP contribution in [-0.4, -0.2) is 25.5 Å². The molecule has 0 saturated heterocycles. The van der Waals surface area contributed by atoms with Crippen LogP contribution >= 0.6 is 0 Å². The smallest absolute Gasteiger partial charge is 0.276 e. The van der Waals surface area contributed by atoms with Crippen LogP contribution in [0.1, 0.15) is 27.0 Å². The number of rotatable bonds is 5. The molecule has 0 fully saturated rings. The van der Waals surface area contributed by atoms with Gasteiger partial charge in [-0.3, -0.25) is 20.4 Å². The molecule has 132 valence electrons. The van der Waals surface area contributed by atoms with Gasteiger partial charge in [-0.1, -0.05) is 12.1 Å². The summed E-state index contributed by atoms with van der Waals surface area (Å²) in [4.78, 5) is 23.9. The van der Waals surface area contributed by atoms with Crippen LogP contribution in [-0.2, 0) is 4.79 Å². The molecule has 0 atom stereocenters. The Labute approximate surface area is 147 Å². The number of methoxy groups -OCH3 is 1. The average molecular weight is 342 g/mol. The Balaban J connectivity index is 1.84. The molecule has 2 amide bonds. The van der Waals surface area contributed by atoms with Crippen LogP contribution < -0.4 is 20.3 Å². The minimum absolute atomic E-state index is 0.194. The van der Waals surface area contributed by atoms with Crippen molar-refractivity contribution in [2.24, 2.45) is 0 Å². The van der Waals surface area contributed by atoms with Crippen molar-refractivity contribution in [2.45, 2.75) is 20.8 Å². The van der Waals surface area contributed by atoms with Gasteiger partial charge in [-0.05, 0) is 61.7 Å². The normalized spacial score (nSPS) is 10.1. The van der Waals surface area contributed by atoms with Gasteiger partial charge in [0.05, 0.1) is 7.11 Å². The summed E-state index contributed by atoms with van der Waals surface area (Å²) in [7, 11) is 1.54. The third-order valence-electron chi connectivity index (χ3n) is 3.83. The van der Waals surface area contributed by atoms with Crippen molar-refractivity contribution in [1.82, 2.24) is 10.9 Å². The van der Waals surface area contributed by atoms with E-state index in [4.69, 9.17) is 9.47 Å². The van der Waals surface area contributed by atoms with Gasteiger partial charge in [0, 0.05) is 5.56 Å².